The molecule has 1 aliphatic rings. The Balaban J connectivity index is 1.83. The summed E-state index contributed by atoms with van der Waals surface area (Å²) < 4.78 is 5.11. The third kappa shape index (κ3) is 4.44. The molecule has 1 heterocycles. The van der Waals surface area contributed by atoms with Gasteiger partial charge in [0, 0.05) is 16.1 Å². The highest BCUT2D eigenvalue weighted by atomic mass is 35.5. The number of hydrogen-bond donors (Lipinski definition) is 0. The Kier molecular flexibility index (Phi) is 5.50. The van der Waals surface area contributed by atoms with Crippen LogP contribution in [0.4, 0.5) is 0 Å². The molecule has 0 N–H and O–H groups in total. The molecule has 0 atom stereocenters. The van der Waals surface area contributed by atoms with Gasteiger partial charge in [0.1, 0.15) is 0 Å². The molecule has 0 aromatic heterocycles. The van der Waals surface area contributed by atoms with Crippen LogP contribution in [0.1, 0.15) is 11.1 Å². The fourth-order valence-corrected chi connectivity index (χ4v) is 2.83. The molecule has 0 aliphatic carbocycles. The fourth-order valence-electron chi connectivity index (χ4n) is 2.05. The Morgan fingerprint density at radius 1 is 0.880 bits per heavy atom. The van der Waals surface area contributed by atoms with Gasteiger partial charge >= 0.3 is 5.97 Å². The lowest BCUT2D eigenvalue weighted by atomic mass is 10.2. The number of esters is 1. The Labute approximate surface area is 164 Å². The van der Waals surface area contributed by atoms with Crippen LogP contribution in [-0.2, 0) is 9.53 Å². The Morgan fingerprint density at radius 2 is 1.68 bits per heavy atom. The molecule has 0 amide bonds. The zero-order chi connectivity index (χ0) is 18.0. The van der Waals surface area contributed by atoms with E-state index >= 15 is 0 Å². The molecule has 0 saturated carbocycles. The summed E-state index contributed by atoms with van der Waals surface area (Å²) in [5, 5.41) is 1.85. The van der Waals surface area contributed by atoms with Crippen LogP contribution in [0.3, 0.4) is 0 Å². The van der Waals surface area contributed by atoms with E-state index in [9.17, 15) is 4.79 Å². The second-order valence-corrected chi connectivity index (χ2v) is 6.70. The van der Waals surface area contributed by atoms with Gasteiger partial charge in [0.25, 0.3) is 0 Å². The quantitative estimate of drug-likeness (QED) is 0.437. The van der Waals surface area contributed by atoms with Crippen molar-refractivity contribution in [2.45, 2.75) is 0 Å². The van der Waals surface area contributed by atoms with Crippen molar-refractivity contribution in [1.29, 1.82) is 0 Å². The number of aliphatic imine (C=N–C) groups is 1. The molecule has 0 radical (unpaired) electrons. The lowest BCUT2D eigenvalue weighted by molar-refractivity contribution is -0.129. The van der Waals surface area contributed by atoms with Gasteiger partial charge in [0.2, 0.25) is 5.90 Å². The van der Waals surface area contributed by atoms with E-state index in [2.05, 4.69) is 4.99 Å². The minimum absolute atomic E-state index is 0.167. The lowest BCUT2D eigenvalue weighted by Crippen LogP contribution is -2.01. The summed E-state index contributed by atoms with van der Waals surface area (Å²) in [6.45, 7) is 0. The summed E-state index contributed by atoms with van der Waals surface area (Å²) in [5.41, 5.74) is 1.59. The minimum atomic E-state index is -0.548. The van der Waals surface area contributed by atoms with Gasteiger partial charge in [0.05, 0.1) is 10.0 Å². The van der Waals surface area contributed by atoms with Crippen molar-refractivity contribution in [3.8, 4) is 0 Å². The number of halogens is 4. The second kappa shape index (κ2) is 7.63. The highest BCUT2D eigenvalue weighted by Crippen LogP contribution is 2.25. The number of hydrogen-bond acceptors (Lipinski definition) is 3. The summed E-state index contributed by atoms with van der Waals surface area (Å²) >= 11 is 23.8. The van der Waals surface area contributed by atoms with Gasteiger partial charge in [-0.05, 0) is 47.5 Å². The SMILES string of the molecule is O=C1OC(/C=C/c2ccc(Cl)cc2Cl)=NC/1=C\c1ccc(Cl)c(Cl)c1. The van der Waals surface area contributed by atoms with Crippen LogP contribution in [-0.4, -0.2) is 11.9 Å². The summed E-state index contributed by atoms with van der Waals surface area (Å²) in [5.74, 6) is -0.379. The number of nitrogens with zero attached hydrogens (tertiary/aromatic N) is 1. The summed E-state index contributed by atoms with van der Waals surface area (Å²) in [6.07, 6.45) is 4.82. The molecule has 0 unspecified atom stereocenters. The van der Waals surface area contributed by atoms with E-state index in [1.54, 1.807) is 54.6 Å². The molecule has 3 nitrogen and oxygen atoms in total. The average Bonchev–Trinajstić information content (AvgIpc) is 2.90. The number of carbonyl (C=O) groups excluding carboxylic acids is 1. The number of rotatable bonds is 3. The van der Waals surface area contributed by atoms with E-state index in [0.29, 0.717) is 25.7 Å². The van der Waals surface area contributed by atoms with E-state index in [0.717, 1.165) is 5.56 Å². The summed E-state index contributed by atoms with van der Waals surface area (Å²) in [7, 11) is 0. The van der Waals surface area contributed by atoms with Crippen molar-refractivity contribution in [3.63, 3.8) is 0 Å². The summed E-state index contributed by atoms with van der Waals surface area (Å²) in [4.78, 5) is 16.1. The average molecular weight is 413 g/mol. The van der Waals surface area contributed by atoms with Crippen LogP contribution < -0.4 is 0 Å². The first-order valence-electron chi connectivity index (χ1n) is 7.03. The molecule has 2 aromatic rings. The van der Waals surface area contributed by atoms with E-state index in [1.807, 2.05) is 0 Å². The summed E-state index contributed by atoms with van der Waals surface area (Å²) in [6, 6.07) is 10.1. The van der Waals surface area contributed by atoms with Gasteiger partial charge in [-0.2, -0.15) is 0 Å². The van der Waals surface area contributed by atoms with Crippen molar-refractivity contribution in [2.75, 3.05) is 0 Å². The van der Waals surface area contributed by atoms with Crippen LogP contribution in [0.15, 0.2) is 53.2 Å². The first kappa shape index (κ1) is 18.0. The maximum Gasteiger partial charge on any atom is 0.363 e. The van der Waals surface area contributed by atoms with Crippen molar-refractivity contribution in [2.24, 2.45) is 4.99 Å². The molecule has 3 rings (SSSR count). The number of carbonyl (C=O) groups is 1. The number of ether oxygens (including phenoxy) is 1. The Morgan fingerprint density at radius 3 is 2.40 bits per heavy atom. The Hall–Kier alpha value is -1.78. The van der Waals surface area contributed by atoms with Gasteiger partial charge in [-0.25, -0.2) is 9.79 Å². The fraction of sp³-hybridized carbons (Fsp3) is 0. The third-order valence-electron chi connectivity index (χ3n) is 3.25. The van der Waals surface area contributed by atoms with Crippen molar-refractivity contribution in [1.82, 2.24) is 0 Å². The van der Waals surface area contributed by atoms with Crippen LogP contribution in [0.25, 0.3) is 12.2 Å². The van der Waals surface area contributed by atoms with Crippen molar-refractivity contribution in [3.05, 3.63) is 79.4 Å². The van der Waals surface area contributed by atoms with Gasteiger partial charge < -0.3 is 4.74 Å². The zero-order valence-corrected chi connectivity index (χ0v) is 15.5. The minimum Gasteiger partial charge on any atom is -0.403 e. The Bertz CT molecular complexity index is 948. The maximum atomic E-state index is 11.9. The number of benzene rings is 2. The molecule has 0 bridgehead atoms. The standard InChI is InChI=1S/C18H9Cl4NO2/c19-12-4-2-11(14(21)9-12)3-6-17-23-16(18(24)25-17)8-10-1-5-13(20)15(22)7-10/h1-9H/b6-3+,16-8-. The van der Waals surface area contributed by atoms with E-state index in [-0.39, 0.29) is 11.6 Å². The molecule has 0 fully saturated rings. The van der Waals surface area contributed by atoms with Crippen molar-refractivity contribution >= 4 is 70.4 Å². The van der Waals surface area contributed by atoms with Gasteiger partial charge in [-0.1, -0.05) is 58.5 Å². The first-order valence-corrected chi connectivity index (χ1v) is 8.54. The van der Waals surface area contributed by atoms with Gasteiger partial charge in [0.15, 0.2) is 5.70 Å². The van der Waals surface area contributed by atoms with Gasteiger partial charge in [-0.3, -0.25) is 0 Å². The molecule has 126 valence electrons. The van der Waals surface area contributed by atoms with Crippen LogP contribution in [0.5, 0.6) is 0 Å². The van der Waals surface area contributed by atoms with E-state index in [4.69, 9.17) is 51.1 Å². The van der Waals surface area contributed by atoms with Crippen LogP contribution >= 0.6 is 46.4 Å². The molecular formula is C18H9Cl4NO2. The molecule has 0 saturated heterocycles. The largest absolute Gasteiger partial charge is 0.403 e. The first-order chi connectivity index (χ1) is 11.9. The van der Waals surface area contributed by atoms with Gasteiger partial charge in [-0.15, -0.1) is 0 Å². The monoisotopic (exact) mass is 411 g/mol. The molecule has 7 heteroatoms. The second-order valence-electron chi connectivity index (χ2n) is 5.04. The molecule has 25 heavy (non-hydrogen) atoms. The molecule has 1 aliphatic heterocycles. The van der Waals surface area contributed by atoms with E-state index < -0.39 is 5.97 Å². The predicted octanol–water partition coefficient (Wildman–Crippen LogP) is 6.31. The van der Waals surface area contributed by atoms with E-state index in [1.165, 1.54) is 0 Å². The highest BCUT2D eigenvalue weighted by molar-refractivity contribution is 6.42. The topological polar surface area (TPSA) is 38.7 Å². The zero-order valence-electron chi connectivity index (χ0n) is 12.5. The highest BCUT2D eigenvalue weighted by Gasteiger charge is 2.21. The molecule has 2 aromatic carbocycles. The molecule has 0 spiro atoms. The van der Waals surface area contributed by atoms with Crippen LogP contribution in [0.2, 0.25) is 20.1 Å². The number of cyclic esters (lactones) is 1. The normalized spacial score (nSPS) is 15.8. The maximum absolute atomic E-state index is 11.9. The predicted molar refractivity (Wildman–Crippen MR) is 103 cm³/mol. The lowest BCUT2D eigenvalue weighted by Gasteiger charge is -1.98. The smallest absolute Gasteiger partial charge is 0.363 e. The third-order valence-corrected chi connectivity index (χ3v) is 4.55. The van der Waals surface area contributed by atoms with Crippen molar-refractivity contribution < 1.29 is 9.53 Å². The molecular weight excluding hydrogens is 404 g/mol. The van der Waals surface area contributed by atoms with Crippen LogP contribution in [0, 0.1) is 0 Å².